The molecular formula is C11H11BrN2OS. The molecule has 1 N–H and O–H groups in total. The second kappa shape index (κ2) is 5.83. The Morgan fingerprint density at radius 3 is 2.81 bits per heavy atom. The summed E-state index contributed by atoms with van der Waals surface area (Å²) in [5, 5.41) is 13.5. The highest BCUT2D eigenvalue weighted by Crippen LogP contribution is 2.22. The van der Waals surface area contributed by atoms with Crippen molar-refractivity contribution in [1.82, 2.24) is 5.32 Å². The van der Waals surface area contributed by atoms with Gasteiger partial charge in [-0.3, -0.25) is 4.79 Å². The Morgan fingerprint density at radius 2 is 2.38 bits per heavy atom. The van der Waals surface area contributed by atoms with Gasteiger partial charge in [0.1, 0.15) is 11.6 Å². The largest absolute Gasteiger partial charge is 0.349 e. The first-order valence-electron chi connectivity index (χ1n) is 4.69. The average molecular weight is 299 g/mol. The summed E-state index contributed by atoms with van der Waals surface area (Å²) in [5.74, 6) is -0.333. The lowest BCUT2D eigenvalue weighted by atomic mass is 10.2. The number of halogens is 1. The Balaban J connectivity index is 2.87. The summed E-state index contributed by atoms with van der Waals surface area (Å²) in [4.78, 5) is 11.6. The van der Waals surface area contributed by atoms with Crippen molar-refractivity contribution in [2.45, 2.75) is 19.9 Å². The van der Waals surface area contributed by atoms with Crippen molar-refractivity contribution in [1.29, 1.82) is 5.26 Å². The number of hydrogen-bond donors (Lipinski definition) is 1. The van der Waals surface area contributed by atoms with Crippen LogP contribution in [0.25, 0.3) is 6.08 Å². The molecule has 0 radical (unpaired) electrons. The molecule has 0 spiro atoms. The first-order chi connectivity index (χ1) is 7.52. The molecule has 0 bridgehead atoms. The van der Waals surface area contributed by atoms with E-state index < -0.39 is 0 Å². The highest BCUT2D eigenvalue weighted by Gasteiger charge is 2.10. The van der Waals surface area contributed by atoms with Gasteiger partial charge in [-0.25, -0.2) is 0 Å². The van der Waals surface area contributed by atoms with Gasteiger partial charge in [0.05, 0.1) is 3.79 Å². The molecule has 0 atom stereocenters. The standard InChI is InChI=1S/C11H11BrN2OS/c1-7(2)14-11(15)9(5-13)3-8-4-10(12)16-6-8/h3-4,6-7H,1-2H3,(H,14,15)/b9-3+. The van der Waals surface area contributed by atoms with Gasteiger partial charge in [-0.05, 0) is 52.9 Å². The van der Waals surface area contributed by atoms with Crippen LogP contribution in [0.4, 0.5) is 0 Å². The molecule has 3 nitrogen and oxygen atoms in total. The van der Waals surface area contributed by atoms with Crippen molar-refractivity contribution in [2.24, 2.45) is 0 Å². The minimum absolute atomic E-state index is 0.0264. The van der Waals surface area contributed by atoms with Crippen LogP contribution in [-0.2, 0) is 4.79 Å². The number of nitriles is 1. The summed E-state index contributed by atoms with van der Waals surface area (Å²) in [7, 11) is 0. The van der Waals surface area contributed by atoms with Crippen LogP contribution in [0.5, 0.6) is 0 Å². The average Bonchev–Trinajstić information content (AvgIpc) is 2.59. The molecule has 16 heavy (non-hydrogen) atoms. The zero-order chi connectivity index (χ0) is 12.1. The third-order valence-corrected chi connectivity index (χ3v) is 3.21. The van der Waals surface area contributed by atoms with Crippen LogP contribution in [0.3, 0.4) is 0 Å². The van der Waals surface area contributed by atoms with E-state index in [1.807, 2.05) is 31.4 Å². The zero-order valence-electron chi connectivity index (χ0n) is 8.95. The van der Waals surface area contributed by atoms with E-state index in [9.17, 15) is 4.79 Å². The van der Waals surface area contributed by atoms with E-state index >= 15 is 0 Å². The summed E-state index contributed by atoms with van der Waals surface area (Å²) in [6.07, 6.45) is 1.58. The molecule has 0 aromatic carbocycles. The number of nitrogens with zero attached hydrogens (tertiary/aromatic N) is 1. The van der Waals surface area contributed by atoms with Crippen LogP contribution < -0.4 is 5.32 Å². The third-order valence-electron chi connectivity index (χ3n) is 1.68. The number of thiophene rings is 1. The maximum absolute atomic E-state index is 11.6. The number of rotatable bonds is 3. The van der Waals surface area contributed by atoms with Crippen LogP contribution in [0.1, 0.15) is 19.4 Å². The van der Waals surface area contributed by atoms with Crippen molar-refractivity contribution >= 4 is 39.2 Å². The smallest absolute Gasteiger partial charge is 0.262 e. The van der Waals surface area contributed by atoms with Crippen LogP contribution in [0.15, 0.2) is 20.8 Å². The summed E-state index contributed by atoms with van der Waals surface area (Å²) in [5.41, 5.74) is 0.978. The molecule has 0 unspecified atom stereocenters. The van der Waals surface area contributed by atoms with Crippen LogP contribution in [0.2, 0.25) is 0 Å². The van der Waals surface area contributed by atoms with Gasteiger partial charge in [0.2, 0.25) is 0 Å². The molecule has 0 aliphatic carbocycles. The molecule has 0 fully saturated rings. The first-order valence-corrected chi connectivity index (χ1v) is 6.37. The third kappa shape index (κ3) is 3.80. The highest BCUT2D eigenvalue weighted by atomic mass is 79.9. The molecule has 5 heteroatoms. The molecule has 0 saturated carbocycles. The molecule has 0 aliphatic rings. The lowest BCUT2D eigenvalue weighted by Gasteiger charge is -2.06. The fourth-order valence-corrected chi connectivity index (χ4v) is 2.19. The van der Waals surface area contributed by atoms with Crippen molar-refractivity contribution < 1.29 is 4.79 Å². The Hall–Kier alpha value is -1.12. The Kier molecular flexibility index (Phi) is 4.71. The van der Waals surface area contributed by atoms with Crippen LogP contribution in [0, 0.1) is 11.3 Å². The van der Waals surface area contributed by atoms with Crippen molar-refractivity contribution in [3.8, 4) is 6.07 Å². The molecule has 1 aromatic heterocycles. The highest BCUT2D eigenvalue weighted by molar-refractivity contribution is 9.11. The summed E-state index contributed by atoms with van der Waals surface area (Å²) >= 11 is 4.84. The summed E-state index contributed by atoms with van der Waals surface area (Å²) in [6.45, 7) is 3.71. The summed E-state index contributed by atoms with van der Waals surface area (Å²) < 4.78 is 0.973. The fraction of sp³-hybridized carbons (Fsp3) is 0.273. The molecule has 84 valence electrons. The van der Waals surface area contributed by atoms with Gasteiger partial charge in [0.25, 0.3) is 5.91 Å². The quantitative estimate of drug-likeness (QED) is 0.689. The molecule has 1 rings (SSSR count). The number of amides is 1. The Bertz CT molecular complexity index is 457. The van der Waals surface area contributed by atoms with E-state index in [0.717, 1.165) is 9.35 Å². The van der Waals surface area contributed by atoms with E-state index in [4.69, 9.17) is 5.26 Å². The van der Waals surface area contributed by atoms with Crippen LogP contribution in [-0.4, -0.2) is 11.9 Å². The van der Waals surface area contributed by atoms with E-state index in [1.165, 1.54) is 11.3 Å². The number of nitrogens with one attached hydrogen (secondary N) is 1. The predicted molar refractivity (Wildman–Crippen MR) is 68.9 cm³/mol. The first kappa shape index (κ1) is 12.9. The van der Waals surface area contributed by atoms with E-state index in [-0.39, 0.29) is 17.5 Å². The maximum atomic E-state index is 11.6. The van der Waals surface area contributed by atoms with Gasteiger partial charge in [-0.2, -0.15) is 5.26 Å². The van der Waals surface area contributed by atoms with E-state index in [1.54, 1.807) is 6.08 Å². The van der Waals surface area contributed by atoms with Gasteiger partial charge in [-0.15, -0.1) is 11.3 Å². The Labute approximate surface area is 107 Å². The lowest BCUT2D eigenvalue weighted by molar-refractivity contribution is -0.117. The molecule has 1 amide bonds. The van der Waals surface area contributed by atoms with E-state index in [0.29, 0.717) is 0 Å². The molecule has 0 aliphatic heterocycles. The zero-order valence-corrected chi connectivity index (χ0v) is 11.4. The van der Waals surface area contributed by atoms with E-state index in [2.05, 4.69) is 21.2 Å². The maximum Gasteiger partial charge on any atom is 0.262 e. The lowest BCUT2D eigenvalue weighted by Crippen LogP contribution is -2.30. The molecule has 1 heterocycles. The normalized spacial score (nSPS) is 11.3. The molecule has 0 saturated heterocycles. The second-order valence-electron chi connectivity index (χ2n) is 3.48. The second-order valence-corrected chi connectivity index (χ2v) is 5.77. The topological polar surface area (TPSA) is 52.9 Å². The fourth-order valence-electron chi connectivity index (χ4n) is 1.05. The number of hydrogen-bond acceptors (Lipinski definition) is 3. The Morgan fingerprint density at radius 1 is 1.69 bits per heavy atom. The number of carbonyl (C=O) groups excluding carboxylic acids is 1. The minimum Gasteiger partial charge on any atom is -0.349 e. The number of carbonyl (C=O) groups is 1. The van der Waals surface area contributed by atoms with Gasteiger partial charge in [-0.1, -0.05) is 0 Å². The SMILES string of the molecule is CC(C)NC(=O)/C(C#N)=C/c1csc(Br)c1. The van der Waals surface area contributed by atoms with Gasteiger partial charge >= 0.3 is 0 Å². The van der Waals surface area contributed by atoms with Gasteiger partial charge in [0.15, 0.2) is 0 Å². The van der Waals surface area contributed by atoms with Gasteiger partial charge in [0, 0.05) is 6.04 Å². The monoisotopic (exact) mass is 298 g/mol. The molecular weight excluding hydrogens is 288 g/mol. The minimum atomic E-state index is -0.333. The van der Waals surface area contributed by atoms with Crippen molar-refractivity contribution in [3.63, 3.8) is 0 Å². The van der Waals surface area contributed by atoms with Crippen LogP contribution >= 0.6 is 27.3 Å². The molecule has 1 aromatic rings. The van der Waals surface area contributed by atoms with Crippen molar-refractivity contribution in [3.05, 3.63) is 26.4 Å². The predicted octanol–water partition coefficient (Wildman–Crippen LogP) is 2.94. The van der Waals surface area contributed by atoms with Crippen molar-refractivity contribution in [2.75, 3.05) is 0 Å². The van der Waals surface area contributed by atoms with Gasteiger partial charge < -0.3 is 5.32 Å². The summed E-state index contributed by atoms with van der Waals surface area (Å²) in [6, 6.07) is 3.80.